The van der Waals surface area contributed by atoms with Gasteiger partial charge in [-0.25, -0.2) is 0 Å². The van der Waals surface area contributed by atoms with E-state index in [0.717, 1.165) is 11.1 Å². The first-order chi connectivity index (χ1) is 18.7. The van der Waals surface area contributed by atoms with Gasteiger partial charge in [-0.3, -0.25) is 0 Å². The fraction of sp³-hybridized carbons (Fsp3) is 0. The normalized spacial score (nSPS) is 11.4. The molecule has 0 atom stereocenters. The summed E-state index contributed by atoms with van der Waals surface area (Å²) < 4.78 is 0. The van der Waals surface area contributed by atoms with Crippen LogP contribution in [0.3, 0.4) is 0 Å². The van der Waals surface area contributed by atoms with Gasteiger partial charge in [0, 0.05) is 0 Å². The second-order valence-corrected chi connectivity index (χ2v) is 9.88. The fourth-order valence-corrected chi connectivity index (χ4v) is 5.83. The summed E-state index contributed by atoms with van der Waals surface area (Å²) in [6.45, 7) is 7.89. The van der Waals surface area contributed by atoms with E-state index >= 15 is 0 Å². The van der Waals surface area contributed by atoms with Gasteiger partial charge >= 0.3 is 0 Å². The molecule has 0 aromatic heterocycles. The molecule has 38 heavy (non-hydrogen) atoms. The van der Waals surface area contributed by atoms with Crippen LogP contribution < -0.4 is 0 Å². The zero-order valence-electron chi connectivity index (χ0n) is 21.1. The Morgan fingerprint density at radius 3 is 1.63 bits per heavy atom. The van der Waals surface area contributed by atoms with Crippen molar-refractivity contribution in [1.82, 2.24) is 0 Å². The summed E-state index contributed by atoms with van der Waals surface area (Å²) in [7, 11) is 0. The number of hydrogen-bond acceptors (Lipinski definition) is 0. The second kappa shape index (κ2) is 8.87. The minimum absolute atomic E-state index is 1.10. The SMILES string of the molecule is C=Cc1ccc(-c2ccc3c(ccc4cc(-c5cc6ccccc6c6ccccc56)ccc43)c2)cc1C=C. The highest BCUT2D eigenvalue weighted by molar-refractivity contribution is 6.15. The average molecular weight is 483 g/mol. The maximum absolute atomic E-state index is 3.97. The Hall–Kier alpha value is -4.94. The van der Waals surface area contributed by atoms with Crippen molar-refractivity contribution < 1.29 is 0 Å². The molecule has 0 aliphatic rings. The minimum atomic E-state index is 1.10. The quantitative estimate of drug-likeness (QED) is 0.219. The van der Waals surface area contributed by atoms with Gasteiger partial charge in [-0.05, 0) is 101 Å². The Labute approximate surface area is 222 Å². The Bertz CT molecular complexity index is 2060. The molecule has 0 amide bonds. The molecule has 0 heterocycles. The molecule has 7 aromatic rings. The smallest absolute Gasteiger partial charge is 0.00988 e. The molecular formula is C38H26. The number of fused-ring (bicyclic) bond motifs is 6. The molecule has 0 aliphatic heterocycles. The van der Waals surface area contributed by atoms with Gasteiger partial charge in [0.2, 0.25) is 0 Å². The van der Waals surface area contributed by atoms with Gasteiger partial charge < -0.3 is 0 Å². The Morgan fingerprint density at radius 1 is 0.368 bits per heavy atom. The van der Waals surface area contributed by atoms with E-state index in [1.54, 1.807) is 0 Å². The molecule has 0 saturated carbocycles. The molecule has 0 radical (unpaired) electrons. The van der Waals surface area contributed by atoms with Crippen LogP contribution in [-0.2, 0) is 0 Å². The third-order valence-electron chi connectivity index (χ3n) is 7.77. The van der Waals surface area contributed by atoms with Gasteiger partial charge in [-0.1, -0.05) is 122 Å². The monoisotopic (exact) mass is 482 g/mol. The molecule has 0 N–H and O–H groups in total. The average Bonchev–Trinajstić information content (AvgIpc) is 2.99. The summed E-state index contributed by atoms with van der Waals surface area (Å²) in [5.74, 6) is 0. The first-order valence-electron chi connectivity index (χ1n) is 13.0. The van der Waals surface area contributed by atoms with E-state index < -0.39 is 0 Å². The molecule has 7 aromatic carbocycles. The highest BCUT2D eigenvalue weighted by Gasteiger charge is 2.10. The van der Waals surface area contributed by atoms with Crippen LogP contribution in [0.25, 0.3) is 77.5 Å². The van der Waals surface area contributed by atoms with Crippen molar-refractivity contribution in [1.29, 1.82) is 0 Å². The molecule has 0 bridgehead atoms. The molecule has 7 rings (SSSR count). The van der Waals surface area contributed by atoms with Crippen molar-refractivity contribution in [2.75, 3.05) is 0 Å². The predicted octanol–water partition coefficient (Wildman–Crippen LogP) is 10.9. The molecule has 0 aliphatic carbocycles. The lowest BCUT2D eigenvalue weighted by atomic mass is 9.91. The number of rotatable bonds is 4. The van der Waals surface area contributed by atoms with Gasteiger partial charge in [0.15, 0.2) is 0 Å². The zero-order valence-corrected chi connectivity index (χ0v) is 21.1. The lowest BCUT2D eigenvalue weighted by molar-refractivity contribution is 1.59. The summed E-state index contributed by atoms with van der Waals surface area (Å²) in [6, 6.07) is 44.4. The molecule has 0 fully saturated rings. The third kappa shape index (κ3) is 3.54. The molecule has 0 nitrogen and oxygen atoms in total. The van der Waals surface area contributed by atoms with Crippen molar-refractivity contribution in [2.24, 2.45) is 0 Å². The maximum Gasteiger partial charge on any atom is -0.00988 e. The van der Waals surface area contributed by atoms with Crippen LogP contribution in [0.1, 0.15) is 11.1 Å². The summed E-state index contributed by atoms with van der Waals surface area (Å²) in [4.78, 5) is 0. The van der Waals surface area contributed by atoms with Crippen LogP contribution in [0, 0.1) is 0 Å². The molecule has 178 valence electrons. The van der Waals surface area contributed by atoms with E-state index in [2.05, 4.69) is 134 Å². The first-order valence-corrected chi connectivity index (χ1v) is 13.0. The maximum atomic E-state index is 3.97. The molecule has 0 spiro atoms. The van der Waals surface area contributed by atoms with Crippen LogP contribution >= 0.6 is 0 Å². The topological polar surface area (TPSA) is 0 Å². The first kappa shape index (κ1) is 22.3. The van der Waals surface area contributed by atoms with Gasteiger partial charge in [-0.15, -0.1) is 0 Å². The summed E-state index contributed by atoms with van der Waals surface area (Å²) in [5, 5.41) is 10.2. The predicted molar refractivity (Wildman–Crippen MR) is 168 cm³/mol. The molecular weight excluding hydrogens is 456 g/mol. The molecule has 0 saturated heterocycles. The van der Waals surface area contributed by atoms with Gasteiger partial charge in [0.05, 0.1) is 0 Å². The fourth-order valence-electron chi connectivity index (χ4n) is 5.83. The van der Waals surface area contributed by atoms with E-state index in [4.69, 9.17) is 0 Å². The van der Waals surface area contributed by atoms with Gasteiger partial charge in [-0.2, -0.15) is 0 Å². The summed E-state index contributed by atoms with van der Waals surface area (Å²) in [5.41, 5.74) is 7.11. The van der Waals surface area contributed by atoms with E-state index in [-0.39, 0.29) is 0 Å². The number of benzene rings is 7. The Morgan fingerprint density at radius 2 is 0.895 bits per heavy atom. The van der Waals surface area contributed by atoms with E-state index in [1.807, 2.05) is 12.2 Å². The largest absolute Gasteiger partial charge is 0.0984 e. The van der Waals surface area contributed by atoms with E-state index in [1.165, 1.54) is 65.3 Å². The number of hydrogen-bond donors (Lipinski definition) is 0. The molecule has 0 unspecified atom stereocenters. The minimum Gasteiger partial charge on any atom is -0.0984 e. The lowest BCUT2D eigenvalue weighted by Gasteiger charge is -2.13. The third-order valence-corrected chi connectivity index (χ3v) is 7.77. The van der Waals surface area contributed by atoms with Gasteiger partial charge in [0.25, 0.3) is 0 Å². The van der Waals surface area contributed by atoms with Crippen LogP contribution in [-0.4, -0.2) is 0 Å². The van der Waals surface area contributed by atoms with Crippen LogP contribution in [0.2, 0.25) is 0 Å². The van der Waals surface area contributed by atoms with Crippen LogP contribution in [0.5, 0.6) is 0 Å². The second-order valence-electron chi connectivity index (χ2n) is 9.88. The summed E-state index contributed by atoms with van der Waals surface area (Å²) in [6.07, 6.45) is 3.77. The van der Waals surface area contributed by atoms with Crippen molar-refractivity contribution in [3.05, 3.63) is 146 Å². The lowest BCUT2D eigenvalue weighted by Crippen LogP contribution is -1.87. The van der Waals surface area contributed by atoms with E-state index in [0.29, 0.717) is 0 Å². The Balaban J connectivity index is 1.37. The van der Waals surface area contributed by atoms with Crippen molar-refractivity contribution >= 4 is 55.2 Å². The Kier molecular flexibility index (Phi) is 5.20. The standard InChI is InChI=1S/C38H26/c1-3-25-13-14-27(21-26(25)4-2)28-17-19-34-30(22-28)15-16-31-23-32(18-20-35(31)34)38-24-29-9-5-6-10-33(29)36-11-7-8-12-37(36)38/h3-24H,1-2H2. The van der Waals surface area contributed by atoms with Crippen molar-refractivity contribution in [3.63, 3.8) is 0 Å². The molecule has 0 heteroatoms. The van der Waals surface area contributed by atoms with Crippen LogP contribution in [0.4, 0.5) is 0 Å². The van der Waals surface area contributed by atoms with Crippen molar-refractivity contribution in [2.45, 2.75) is 0 Å². The van der Waals surface area contributed by atoms with Gasteiger partial charge in [0.1, 0.15) is 0 Å². The van der Waals surface area contributed by atoms with Crippen molar-refractivity contribution in [3.8, 4) is 22.3 Å². The highest BCUT2D eigenvalue weighted by atomic mass is 14.1. The van der Waals surface area contributed by atoms with E-state index in [9.17, 15) is 0 Å². The zero-order chi connectivity index (χ0) is 25.6. The highest BCUT2D eigenvalue weighted by Crippen LogP contribution is 2.37. The van der Waals surface area contributed by atoms with Crippen LogP contribution in [0.15, 0.2) is 134 Å². The summed E-state index contributed by atoms with van der Waals surface area (Å²) >= 11 is 0.